The number of rotatable bonds is 3. The van der Waals surface area contributed by atoms with E-state index in [9.17, 15) is 4.79 Å². The minimum Gasteiger partial charge on any atom is -0.380 e. The molecule has 0 aliphatic carbocycles. The Morgan fingerprint density at radius 3 is 2.35 bits per heavy atom. The van der Waals surface area contributed by atoms with Crippen molar-refractivity contribution in [1.82, 2.24) is 0 Å². The van der Waals surface area contributed by atoms with Crippen molar-refractivity contribution < 1.29 is 9.63 Å². The molecular weight excluding hydrogens is 299 g/mol. The lowest BCUT2D eigenvalue weighted by Gasteiger charge is -2.02. The van der Waals surface area contributed by atoms with Gasteiger partial charge in [-0.15, -0.1) is 0 Å². The van der Waals surface area contributed by atoms with E-state index in [4.69, 9.17) is 33.8 Å². The Morgan fingerprint density at radius 1 is 1.00 bits per heavy atom. The third-order valence-electron chi connectivity index (χ3n) is 2.43. The lowest BCUT2D eigenvalue weighted by molar-refractivity contribution is 0.0516. The van der Waals surface area contributed by atoms with Crippen LogP contribution in [0.4, 0.5) is 0 Å². The lowest BCUT2D eigenvalue weighted by atomic mass is 10.2. The molecule has 20 heavy (non-hydrogen) atoms. The number of nitrogens with two attached hydrogens (primary N) is 1. The molecule has 0 saturated heterocycles. The summed E-state index contributed by atoms with van der Waals surface area (Å²) in [6.45, 7) is 0. The standard InChI is InChI=1S/C14H10Cl2N2O2/c15-11-6-4-9(5-7-11)13(17)18-20-14(19)10-2-1-3-12(16)8-10/h1-8H,(H2,17,18). The van der Waals surface area contributed by atoms with Gasteiger partial charge in [0.05, 0.1) is 5.56 Å². The van der Waals surface area contributed by atoms with Gasteiger partial charge in [0.1, 0.15) is 0 Å². The predicted molar refractivity (Wildman–Crippen MR) is 79.0 cm³/mol. The van der Waals surface area contributed by atoms with E-state index in [1.54, 1.807) is 42.5 Å². The summed E-state index contributed by atoms with van der Waals surface area (Å²) in [5, 5.41) is 4.61. The molecule has 0 unspecified atom stereocenters. The van der Waals surface area contributed by atoms with Crippen LogP contribution in [-0.2, 0) is 4.84 Å². The molecule has 0 saturated carbocycles. The maximum absolute atomic E-state index is 11.7. The fourth-order valence-electron chi connectivity index (χ4n) is 1.43. The molecular formula is C14H10Cl2N2O2. The van der Waals surface area contributed by atoms with Gasteiger partial charge in [0.15, 0.2) is 5.84 Å². The monoisotopic (exact) mass is 308 g/mol. The highest BCUT2D eigenvalue weighted by molar-refractivity contribution is 6.31. The average molecular weight is 309 g/mol. The van der Waals surface area contributed by atoms with Gasteiger partial charge in [-0.1, -0.05) is 34.4 Å². The Balaban J connectivity index is 2.08. The van der Waals surface area contributed by atoms with Crippen molar-refractivity contribution in [2.24, 2.45) is 10.9 Å². The first kappa shape index (κ1) is 14.4. The van der Waals surface area contributed by atoms with Crippen molar-refractivity contribution in [3.8, 4) is 0 Å². The van der Waals surface area contributed by atoms with E-state index < -0.39 is 5.97 Å². The first-order valence-corrected chi connectivity index (χ1v) is 6.38. The maximum atomic E-state index is 11.7. The van der Waals surface area contributed by atoms with Crippen LogP contribution in [0.1, 0.15) is 15.9 Å². The summed E-state index contributed by atoms with van der Waals surface area (Å²) in [7, 11) is 0. The number of oxime groups is 1. The zero-order valence-corrected chi connectivity index (χ0v) is 11.7. The topological polar surface area (TPSA) is 64.7 Å². The summed E-state index contributed by atoms with van der Waals surface area (Å²) in [4.78, 5) is 16.5. The van der Waals surface area contributed by atoms with E-state index in [-0.39, 0.29) is 5.84 Å². The molecule has 2 aromatic carbocycles. The lowest BCUT2D eigenvalue weighted by Crippen LogP contribution is -2.15. The summed E-state index contributed by atoms with van der Waals surface area (Å²) in [5.74, 6) is -0.554. The second-order valence-electron chi connectivity index (χ2n) is 3.87. The Labute approximate surface area is 125 Å². The Hall–Kier alpha value is -2.04. The molecule has 0 heterocycles. The van der Waals surface area contributed by atoms with Crippen LogP contribution in [0.15, 0.2) is 53.7 Å². The SMILES string of the molecule is NC(=NOC(=O)c1cccc(Cl)c1)c1ccc(Cl)cc1. The van der Waals surface area contributed by atoms with Gasteiger partial charge in [-0.2, -0.15) is 0 Å². The van der Waals surface area contributed by atoms with E-state index in [1.165, 1.54) is 6.07 Å². The molecule has 0 bridgehead atoms. The van der Waals surface area contributed by atoms with Crippen molar-refractivity contribution in [3.63, 3.8) is 0 Å². The van der Waals surface area contributed by atoms with Crippen LogP contribution in [0.2, 0.25) is 10.0 Å². The average Bonchev–Trinajstić information content (AvgIpc) is 2.45. The van der Waals surface area contributed by atoms with Crippen LogP contribution in [0.5, 0.6) is 0 Å². The third kappa shape index (κ3) is 3.73. The quantitative estimate of drug-likeness (QED) is 0.408. The van der Waals surface area contributed by atoms with Crippen LogP contribution in [0.25, 0.3) is 0 Å². The summed E-state index contributed by atoms with van der Waals surface area (Å²) < 4.78 is 0. The van der Waals surface area contributed by atoms with Crippen molar-refractivity contribution >= 4 is 35.0 Å². The molecule has 4 nitrogen and oxygen atoms in total. The highest BCUT2D eigenvalue weighted by Gasteiger charge is 2.08. The van der Waals surface area contributed by atoms with Gasteiger partial charge in [-0.3, -0.25) is 0 Å². The van der Waals surface area contributed by atoms with Gasteiger partial charge in [-0.25, -0.2) is 4.79 Å². The molecule has 0 aromatic heterocycles. The highest BCUT2D eigenvalue weighted by atomic mass is 35.5. The molecule has 0 fully saturated rings. The molecule has 0 aliphatic heterocycles. The van der Waals surface area contributed by atoms with Crippen LogP contribution in [-0.4, -0.2) is 11.8 Å². The van der Waals surface area contributed by atoms with Gasteiger partial charge >= 0.3 is 5.97 Å². The van der Waals surface area contributed by atoms with Gasteiger partial charge in [-0.05, 0) is 42.5 Å². The fourth-order valence-corrected chi connectivity index (χ4v) is 1.75. The van der Waals surface area contributed by atoms with E-state index >= 15 is 0 Å². The number of benzene rings is 2. The number of nitrogens with zero attached hydrogens (tertiary/aromatic N) is 1. The Morgan fingerprint density at radius 2 is 1.70 bits per heavy atom. The molecule has 0 atom stereocenters. The first-order valence-electron chi connectivity index (χ1n) is 5.62. The van der Waals surface area contributed by atoms with Gasteiger partial charge < -0.3 is 10.6 Å². The largest absolute Gasteiger partial charge is 0.380 e. The number of carbonyl (C=O) groups excluding carboxylic acids is 1. The minimum absolute atomic E-state index is 0.0806. The molecule has 0 aliphatic rings. The zero-order chi connectivity index (χ0) is 14.5. The molecule has 2 N–H and O–H groups in total. The van der Waals surface area contributed by atoms with Crippen LogP contribution in [0.3, 0.4) is 0 Å². The van der Waals surface area contributed by atoms with Crippen LogP contribution in [0, 0.1) is 0 Å². The number of amidine groups is 1. The van der Waals surface area contributed by atoms with Gasteiger partial charge in [0, 0.05) is 15.6 Å². The molecule has 0 radical (unpaired) electrons. The van der Waals surface area contributed by atoms with Crippen LogP contribution < -0.4 is 5.73 Å². The van der Waals surface area contributed by atoms with Crippen LogP contribution >= 0.6 is 23.2 Å². The Kier molecular flexibility index (Phi) is 4.61. The fraction of sp³-hybridized carbons (Fsp3) is 0. The number of carbonyl (C=O) groups is 1. The Bertz CT molecular complexity index is 654. The van der Waals surface area contributed by atoms with E-state index in [0.29, 0.717) is 21.2 Å². The smallest absolute Gasteiger partial charge is 0.365 e. The predicted octanol–water partition coefficient (Wildman–Crippen LogP) is 3.47. The molecule has 2 aromatic rings. The maximum Gasteiger partial charge on any atom is 0.365 e. The summed E-state index contributed by atoms with van der Waals surface area (Å²) in [5.41, 5.74) is 6.61. The molecule has 2 rings (SSSR count). The molecule has 0 spiro atoms. The molecule has 102 valence electrons. The van der Waals surface area contributed by atoms with Gasteiger partial charge in [0.25, 0.3) is 0 Å². The third-order valence-corrected chi connectivity index (χ3v) is 2.91. The summed E-state index contributed by atoms with van der Waals surface area (Å²) >= 11 is 11.5. The normalized spacial score (nSPS) is 11.2. The second-order valence-corrected chi connectivity index (χ2v) is 4.75. The van der Waals surface area contributed by atoms with Crippen molar-refractivity contribution in [2.45, 2.75) is 0 Å². The summed E-state index contributed by atoms with van der Waals surface area (Å²) in [6, 6.07) is 13.0. The molecule has 6 heteroatoms. The number of hydrogen-bond donors (Lipinski definition) is 1. The number of halogens is 2. The van der Waals surface area contributed by atoms with Crippen molar-refractivity contribution in [1.29, 1.82) is 0 Å². The van der Waals surface area contributed by atoms with Crippen molar-refractivity contribution in [2.75, 3.05) is 0 Å². The van der Waals surface area contributed by atoms with Gasteiger partial charge in [0.2, 0.25) is 0 Å². The van der Waals surface area contributed by atoms with E-state index in [0.717, 1.165) is 0 Å². The minimum atomic E-state index is -0.635. The van der Waals surface area contributed by atoms with E-state index in [1.807, 2.05) is 0 Å². The second kappa shape index (κ2) is 6.41. The number of hydrogen-bond acceptors (Lipinski definition) is 3. The highest BCUT2D eigenvalue weighted by Crippen LogP contribution is 2.12. The summed E-state index contributed by atoms with van der Waals surface area (Å²) in [6.07, 6.45) is 0. The van der Waals surface area contributed by atoms with Crippen molar-refractivity contribution in [3.05, 3.63) is 69.7 Å². The first-order chi connectivity index (χ1) is 9.56. The molecule has 0 amide bonds. The zero-order valence-electron chi connectivity index (χ0n) is 10.2. The van der Waals surface area contributed by atoms with E-state index in [2.05, 4.69) is 5.16 Å².